The van der Waals surface area contributed by atoms with Crippen molar-refractivity contribution in [3.8, 4) is 0 Å². The van der Waals surface area contributed by atoms with Crippen molar-refractivity contribution < 1.29 is 54.7 Å². The van der Waals surface area contributed by atoms with E-state index in [2.05, 4.69) is 0 Å². The first-order valence-electron chi connectivity index (χ1n) is 8.29. The maximum absolute atomic E-state index is 9.43. The molecule has 0 bridgehead atoms. The summed E-state index contributed by atoms with van der Waals surface area (Å²) in [7, 11) is 2.68. The van der Waals surface area contributed by atoms with Crippen LogP contribution >= 0.6 is 0 Å². The van der Waals surface area contributed by atoms with E-state index in [0.29, 0.717) is 6.42 Å². The minimum atomic E-state index is -1.36. The highest BCUT2D eigenvalue weighted by Crippen LogP contribution is 2.23. The van der Waals surface area contributed by atoms with Crippen LogP contribution in [0.3, 0.4) is 0 Å². The number of aliphatic hydroxyl groups excluding tert-OH is 7. The van der Waals surface area contributed by atoms with E-state index in [1.807, 2.05) is 6.92 Å². The number of methoxy groups -OCH3 is 2. The van der Waals surface area contributed by atoms with Crippen LogP contribution in [-0.4, -0.2) is 118 Å². The number of rotatable bonds is 4. The van der Waals surface area contributed by atoms with E-state index in [1.165, 1.54) is 14.2 Å². The van der Waals surface area contributed by atoms with Gasteiger partial charge in [-0.05, 0) is 6.42 Å². The highest BCUT2D eigenvalue weighted by atomic mass is 16.7. The lowest BCUT2D eigenvalue weighted by Gasteiger charge is -2.39. The van der Waals surface area contributed by atoms with Gasteiger partial charge in [0, 0.05) is 14.2 Å². The lowest BCUT2D eigenvalue weighted by atomic mass is 9.97. The summed E-state index contributed by atoms with van der Waals surface area (Å²) in [5.41, 5.74) is 0. The van der Waals surface area contributed by atoms with Gasteiger partial charge in [-0.25, -0.2) is 0 Å². The van der Waals surface area contributed by atoms with Gasteiger partial charge in [0.2, 0.25) is 0 Å². The van der Waals surface area contributed by atoms with Crippen LogP contribution in [0.2, 0.25) is 0 Å². The molecule has 0 amide bonds. The van der Waals surface area contributed by atoms with Crippen molar-refractivity contribution in [1.29, 1.82) is 0 Å². The topological polar surface area (TPSA) is 179 Å². The Morgan fingerprint density at radius 2 is 1.00 bits per heavy atom. The zero-order valence-electron chi connectivity index (χ0n) is 15.0. The van der Waals surface area contributed by atoms with E-state index in [0.717, 1.165) is 0 Å². The van der Waals surface area contributed by atoms with E-state index in [-0.39, 0.29) is 14.9 Å². The van der Waals surface area contributed by atoms with Gasteiger partial charge in [0.1, 0.15) is 42.7 Å². The van der Waals surface area contributed by atoms with Crippen molar-refractivity contribution in [3.63, 3.8) is 0 Å². The van der Waals surface area contributed by atoms with Crippen molar-refractivity contribution >= 4 is 0 Å². The van der Waals surface area contributed by atoms with E-state index >= 15 is 0 Å². The normalized spacial score (nSPS) is 43.1. The number of hydrogen-bond donors (Lipinski definition) is 7. The highest BCUT2D eigenvalue weighted by molar-refractivity contribution is 4.89. The van der Waals surface area contributed by atoms with Crippen molar-refractivity contribution in [2.24, 2.45) is 0 Å². The van der Waals surface area contributed by atoms with Crippen LogP contribution in [-0.2, 0) is 18.9 Å². The molecule has 10 unspecified atom stereocenters. The fourth-order valence-electron chi connectivity index (χ4n) is 2.71. The van der Waals surface area contributed by atoms with Crippen molar-refractivity contribution in [3.05, 3.63) is 0 Å². The van der Waals surface area contributed by atoms with Crippen LogP contribution in [0.1, 0.15) is 28.2 Å². The number of hydrogen-bond acceptors (Lipinski definition) is 11. The molecule has 0 spiro atoms. The Labute approximate surface area is 166 Å². The lowest BCUT2D eigenvalue weighted by molar-refractivity contribution is -0.294. The Bertz CT molecular complexity index is 323. The molecule has 11 heteroatoms. The van der Waals surface area contributed by atoms with Gasteiger partial charge < -0.3 is 54.7 Å². The maximum atomic E-state index is 9.43. The van der Waals surface area contributed by atoms with Crippen LogP contribution < -0.4 is 0 Å². The fourth-order valence-corrected chi connectivity index (χ4v) is 2.71. The Hall–Kier alpha value is -0.440. The van der Waals surface area contributed by atoms with Crippen LogP contribution in [0.25, 0.3) is 0 Å². The average molecular weight is 418 g/mol. The van der Waals surface area contributed by atoms with E-state index in [9.17, 15) is 30.6 Å². The van der Waals surface area contributed by atoms with Crippen LogP contribution in [0.15, 0.2) is 0 Å². The maximum Gasteiger partial charge on any atom is 0.186 e. The molecule has 0 aromatic rings. The minimum Gasteiger partial charge on any atom is -0.394 e. The van der Waals surface area contributed by atoms with Crippen LogP contribution in [0.4, 0.5) is 0 Å². The van der Waals surface area contributed by atoms with Gasteiger partial charge in [0.25, 0.3) is 0 Å². The molecule has 28 heavy (non-hydrogen) atoms. The molecule has 0 radical (unpaired) electrons. The first kappa shape index (κ1) is 29.8. The predicted octanol–water partition coefficient (Wildman–Crippen LogP) is -2.44. The Morgan fingerprint density at radius 3 is 1.32 bits per heavy atom. The molecule has 2 aliphatic heterocycles. The van der Waals surface area contributed by atoms with Crippen LogP contribution in [0, 0.1) is 0 Å². The summed E-state index contributed by atoms with van der Waals surface area (Å²) in [4.78, 5) is 0. The quantitative estimate of drug-likeness (QED) is 0.258. The SMILES string of the molecule is C.C.CCC1OC(OC)C(O)C(O)C1O.COC1OC(CO)C(O)C(O)C1O. The predicted molar refractivity (Wildman–Crippen MR) is 98.2 cm³/mol. The third kappa shape index (κ3) is 6.82. The fraction of sp³-hybridized carbons (Fsp3) is 1.00. The highest BCUT2D eigenvalue weighted by Gasteiger charge is 2.44. The second-order valence-corrected chi connectivity index (χ2v) is 6.09. The van der Waals surface area contributed by atoms with E-state index < -0.39 is 68.0 Å². The van der Waals surface area contributed by atoms with Gasteiger partial charge >= 0.3 is 0 Å². The molecule has 10 atom stereocenters. The van der Waals surface area contributed by atoms with Gasteiger partial charge in [-0.1, -0.05) is 21.8 Å². The van der Waals surface area contributed by atoms with Crippen molar-refractivity contribution in [2.75, 3.05) is 20.8 Å². The molecule has 0 aromatic heterocycles. The van der Waals surface area contributed by atoms with Gasteiger partial charge in [0.15, 0.2) is 12.6 Å². The Kier molecular flexibility index (Phi) is 14.6. The summed E-state index contributed by atoms with van der Waals surface area (Å²) in [5.74, 6) is 0. The molecular formula is C17H38O11. The molecule has 2 heterocycles. The summed E-state index contributed by atoms with van der Waals surface area (Å²) >= 11 is 0. The van der Waals surface area contributed by atoms with Crippen molar-refractivity contribution in [2.45, 2.75) is 89.6 Å². The largest absolute Gasteiger partial charge is 0.394 e. The smallest absolute Gasteiger partial charge is 0.186 e. The summed E-state index contributed by atoms with van der Waals surface area (Å²) in [6, 6.07) is 0. The molecule has 11 nitrogen and oxygen atoms in total. The third-order valence-corrected chi connectivity index (χ3v) is 4.38. The molecular weight excluding hydrogens is 380 g/mol. The summed E-state index contributed by atoms with van der Waals surface area (Å²) in [6.45, 7) is 1.38. The lowest BCUT2D eigenvalue weighted by Crippen LogP contribution is -2.58. The monoisotopic (exact) mass is 418 g/mol. The molecule has 0 aliphatic carbocycles. The number of aliphatic hydroxyl groups is 7. The Balaban J connectivity index is 0. The zero-order valence-corrected chi connectivity index (χ0v) is 15.0. The Morgan fingerprint density at radius 1 is 0.643 bits per heavy atom. The van der Waals surface area contributed by atoms with Gasteiger partial charge in [-0.2, -0.15) is 0 Å². The summed E-state index contributed by atoms with van der Waals surface area (Å²) in [5, 5.41) is 64.8. The molecule has 2 fully saturated rings. The van der Waals surface area contributed by atoms with Gasteiger partial charge in [-0.3, -0.25) is 0 Å². The van der Waals surface area contributed by atoms with Crippen LogP contribution in [0.5, 0.6) is 0 Å². The third-order valence-electron chi connectivity index (χ3n) is 4.38. The second-order valence-electron chi connectivity index (χ2n) is 6.09. The molecule has 172 valence electrons. The first-order valence-corrected chi connectivity index (χ1v) is 8.29. The standard InChI is InChI=1S/C8H16O5.C7H14O6.2CH4/c1-3-4-5(9)6(10)7(11)8(12-2)13-4;1-12-7-6(11)5(10)4(9)3(2-8)13-7;;/h4-11H,3H2,1-2H3;3-11H,2H2,1H3;2*1H4. The minimum absolute atomic E-state index is 0. The molecule has 7 N–H and O–H groups in total. The second kappa shape index (κ2) is 13.7. The molecule has 2 rings (SSSR count). The molecule has 2 saturated heterocycles. The molecule has 0 saturated carbocycles. The molecule has 0 aromatic carbocycles. The molecule has 2 aliphatic rings. The summed E-state index contributed by atoms with van der Waals surface area (Å²) < 4.78 is 19.7. The average Bonchev–Trinajstić information content (AvgIpc) is 2.65. The number of ether oxygens (including phenoxy) is 4. The van der Waals surface area contributed by atoms with E-state index in [1.54, 1.807) is 0 Å². The first-order chi connectivity index (χ1) is 12.2. The van der Waals surface area contributed by atoms with Gasteiger partial charge in [0.05, 0.1) is 12.7 Å². The zero-order chi connectivity index (χ0) is 20.0. The summed E-state index contributed by atoms with van der Waals surface area (Å²) in [6.07, 6.45) is -10.1. The van der Waals surface area contributed by atoms with Crippen molar-refractivity contribution in [1.82, 2.24) is 0 Å². The van der Waals surface area contributed by atoms with E-state index in [4.69, 9.17) is 24.1 Å². The van der Waals surface area contributed by atoms with Gasteiger partial charge in [-0.15, -0.1) is 0 Å².